The highest BCUT2D eigenvalue weighted by molar-refractivity contribution is 6.01. The van der Waals surface area contributed by atoms with Gasteiger partial charge >= 0.3 is 0 Å². The summed E-state index contributed by atoms with van der Waals surface area (Å²) in [5.41, 5.74) is 8.21. The predicted molar refractivity (Wildman–Crippen MR) is 69.8 cm³/mol. The van der Waals surface area contributed by atoms with E-state index in [1.165, 1.54) is 42.4 Å². The molecule has 16 heavy (non-hydrogen) atoms. The van der Waals surface area contributed by atoms with Crippen LogP contribution in [0.25, 0.3) is 10.8 Å². The summed E-state index contributed by atoms with van der Waals surface area (Å²) in [7, 11) is 0. The van der Waals surface area contributed by atoms with Crippen molar-refractivity contribution in [2.75, 3.05) is 23.7 Å². The Kier molecular flexibility index (Phi) is 2.21. The Labute approximate surface area is 95.7 Å². The molecule has 0 aromatic heterocycles. The van der Waals surface area contributed by atoms with E-state index in [0.29, 0.717) is 0 Å². The predicted octanol–water partition coefficient (Wildman–Crippen LogP) is 3.02. The van der Waals surface area contributed by atoms with E-state index in [1.807, 2.05) is 12.1 Å². The average molecular weight is 212 g/mol. The second-order valence-electron chi connectivity index (χ2n) is 4.41. The molecule has 0 unspecified atom stereocenters. The van der Waals surface area contributed by atoms with Crippen LogP contribution in [0.5, 0.6) is 0 Å². The minimum atomic E-state index is 0.874. The van der Waals surface area contributed by atoms with Gasteiger partial charge in [-0.25, -0.2) is 0 Å². The summed E-state index contributed by atoms with van der Waals surface area (Å²) < 4.78 is 0. The number of nitrogens with two attached hydrogens (primary N) is 1. The van der Waals surface area contributed by atoms with E-state index in [0.717, 1.165) is 5.69 Å². The van der Waals surface area contributed by atoms with E-state index in [1.54, 1.807) is 0 Å². The lowest BCUT2D eigenvalue weighted by Gasteiger charge is -2.20. The van der Waals surface area contributed by atoms with Gasteiger partial charge in [-0.1, -0.05) is 24.3 Å². The minimum absolute atomic E-state index is 0.874. The molecular formula is C14H16N2. The fourth-order valence-corrected chi connectivity index (χ4v) is 2.54. The molecule has 2 aromatic rings. The molecule has 0 spiro atoms. The first-order valence-electron chi connectivity index (χ1n) is 5.88. The highest BCUT2D eigenvalue weighted by Crippen LogP contribution is 2.32. The summed E-state index contributed by atoms with van der Waals surface area (Å²) in [5, 5.41) is 2.45. The van der Waals surface area contributed by atoms with Crippen molar-refractivity contribution in [1.82, 2.24) is 0 Å². The maximum atomic E-state index is 6.01. The molecule has 82 valence electrons. The lowest BCUT2D eigenvalue weighted by molar-refractivity contribution is 0.949. The molecule has 2 heteroatoms. The second kappa shape index (κ2) is 3.71. The van der Waals surface area contributed by atoms with Crippen LogP contribution >= 0.6 is 0 Å². The highest BCUT2D eigenvalue weighted by Gasteiger charge is 2.14. The first-order valence-corrected chi connectivity index (χ1v) is 5.88. The van der Waals surface area contributed by atoms with Crippen molar-refractivity contribution in [2.24, 2.45) is 0 Å². The van der Waals surface area contributed by atoms with Crippen LogP contribution in [0.15, 0.2) is 36.4 Å². The molecular weight excluding hydrogens is 196 g/mol. The van der Waals surface area contributed by atoms with Crippen molar-refractivity contribution in [2.45, 2.75) is 12.8 Å². The van der Waals surface area contributed by atoms with Crippen LogP contribution in [0, 0.1) is 0 Å². The van der Waals surface area contributed by atoms with Gasteiger partial charge in [-0.15, -0.1) is 0 Å². The Morgan fingerprint density at radius 2 is 1.56 bits per heavy atom. The van der Waals surface area contributed by atoms with Gasteiger partial charge in [0.15, 0.2) is 0 Å². The minimum Gasteiger partial charge on any atom is -0.398 e. The number of anilines is 2. The van der Waals surface area contributed by atoms with Crippen LogP contribution in [0.1, 0.15) is 12.8 Å². The number of nitrogens with zero attached hydrogens (tertiary/aromatic N) is 1. The van der Waals surface area contributed by atoms with Crippen LogP contribution in [0.3, 0.4) is 0 Å². The average Bonchev–Trinajstić information content (AvgIpc) is 2.83. The molecule has 1 fully saturated rings. The van der Waals surface area contributed by atoms with Crippen LogP contribution in [-0.2, 0) is 0 Å². The first-order chi connectivity index (χ1) is 7.86. The maximum absolute atomic E-state index is 6.01. The van der Waals surface area contributed by atoms with Gasteiger partial charge in [-0.2, -0.15) is 0 Å². The molecule has 2 aromatic carbocycles. The lowest BCUT2D eigenvalue weighted by Crippen LogP contribution is -2.17. The monoisotopic (exact) mass is 212 g/mol. The van der Waals surface area contributed by atoms with Crippen molar-refractivity contribution in [1.29, 1.82) is 0 Å². The zero-order chi connectivity index (χ0) is 11.0. The molecule has 1 saturated heterocycles. The molecule has 0 saturated carbocycles. The molecule has 1 aliphatic rings. The third-order valence-electron chi connectivity index (χ3n) is 3.38. The van der Waals surface area contributed by atoms with Crippen LogP contribution in [0.2, 0.25) is 0 Å². The van der Waals surface area contributed by atoms with Gasteiger partial charge in [0.05, 0.1) is 0 Å². The Bertz CT molecular complexity index is 513. The van der Waals surface area contributed by atoms with E-state index in [9.17, 15) is 0 Å². The Morgan fingerprint density at radius 3 is 2.31 bits per heavy atom. The standard InChI is InChI=1S/C14H16N2/c15-13-7-8-14(16-9-3-4-10-16)12-6-2-1-5-11(12)13/h1-2,5-8H,3-4,9-10,15H2. The van der Waals surface area contributed by atoms with E-state index in [4.69, 9.17) is 5.73 Å². The third-order valence-corrected chi connectivity index (χ3v) is 3.38. The Hall–Kier alpha value is -1.70. The van der Waals surface area contributed by atoms with E-state index < -0.39 is 0 Å². The zero-order valence-corrected chi connectivity index (χ0v) is 9.32. The molecule has 0 aliphatic carbocycles. The fourth-order valence-electron chi connectivity index (χ4n) is 2.54. The van der Waals surface area contributed by atoms with Crippen molar-refractivity contribution in [3.05, 3.63) is 36.4 Å². The van der Waals surface area contributed by atoms with E-state index in [2.05, 4.69) is 29.2 Å². The molecule has 0 bridgehead atoms. The van der Waals surface area contributed by atoms with Gasteiger partial charge in [0.2, 0.25) is 0 Å². The van der Waals surface area contributed by atoms with E-state index >= 15 is 0 Å². The van der Waals surface area contributed by atoms with Crippen LogP contribution in [-0.4, -0.2) is 13.1 Å². The third kappa shape index (κ3) is 1.42. The van der Waals surface area contributed by atoms with Crippen molar-refractivity contribution in [3.63, 3.8) is 0 Å². The quantitative estimate of drug-likeness (QED) is 0.736. The van der Waals surface area contributed by atoms with Gasteiger partial charge < -0.3 is 10.6 Å². The van der Waals surface area contributed by atoms with Gasteiger partial charge in [0, 0.05) is 35.2 Å². The van der Waals surface area contributed by atoms with Crippen molar-refractivity contribution < 1.29 is 0 Å². The number of fused-ring (bicyclic) bond motifs is 1. The molecule has 1 heterocycles. The number of hydrogen-bond acceptors (Lipinski definition) is 2. The zero-order valence-electron chi connectivity index (χ0n) is 9.32. The summed E-state index contributed by atoms with van der Waals surface area (Å²) in [6, 6.07) is 12.6. The summed E-state index contributed by atoms with van der Waals surface area (Å²) in [6.07, 6.45) is 2.61. The summed E-state index contributed by atoms with van der Waals surface area (Å²) in [4.78, 5) is 2.46. The Balaban J connectivity index is 2.21. The summed E-state index contributed by atoms with van der Waals surface area (Å²) in [6.45, 7) is 2.35. The molecule has 2 N–H and O–H groups in total. The molecule has 2 nitrogen and oxygen atoms in total. The second-order valence-corrected chi connectivity index (χ2v) is 4.41. The van der Waals surface area contributed by atoms with Crippen LogP contribution in [0.4, 0.5) is 11.4 Å². The number of hydrogen-bond donors (Lipinski definition) is 1. The molecule has 3 rings (SSSR count). The molecule has 0 atom stereocenters. The van der Waals surface area contributed by atoms with Crippen molar-refractivity contribution >= 4 is 22.1 Å². The molecule has 0 amide bonds. The lowest BCUT2D eigenvalue weighted by atomic mass is 10.1. The van der Waals surface area contributed by atoms with Gasteiger partial charge in [0.25, 0.3) is 0 Å². The number of rotatable bonds is 1. The number of benzene rings is 2. The van der Waals surface area contributed by atoms with Gasteiger partial charge in [0.1, 0.15) is 0 Å². The van der Waals surface area contributed by atoms with Gasteiger partial charge in [-0.3, -0.25) is 0 Å². The van der Waals surface area contributed by atoms with Crippen molar-refractivity contribution in [3.8, 4) is 0 Å². The maximum Gasteiger partial charge on any atom is 0.0447 e. The largest absolute Gasteiger partial charge is 0.398 e. The van der Waals surface area contributed by atoms with Gasteiger partial charge in [-0.05, 0) is 25.0 Å². The fraction of sp³-hybridized carbons (Fsp3) is 0.286. The summed E-state index contributed by atoms with van der Waals surface area (Å²) >= 11 is 0. The van der Waals surface area contributed by atoms with E-state index in [-0.39, 0.29) is 0 Å². The summed E-state index contributed by atoms with van der Waals surface area (Å²) in [5.74, 6) is 0. The number of nitrogen functional groups attached to an aromatic ring is 1. The first kappa shape index (κ1) is 9.52. The topological polar surface area (TPSA) is 29.3 Å². The SMILES string of the molecule is Nc1ccc(N2CCCC2)c2ccccc12. The Morgan fingerprint density at radius 1 is 0.875 bits per heavy atom. The molecule has 1 aliphatic heterocycles. The van der Waals surface area contributed by atoms with Crippen LogP contribution < -0.4 is 10.6 Å². The normalized spacial score (nSPS) is 15.9. The highest BCUT2D eigenvalue weighted by atomic mass is 15.1. The smallest absolute Gasteiger partial charge is 0.0447 e. The molecule has 0 radical (unpaired) electrons.